The number of alkyl halides is 3. The number of nitrogens with zero attached hydrogens (tertiary/aromatic N) is 2. The molecule has 0 spiro atoms. The average molecular weight is 284 g/mol. The standard InChI is InChI=1S/C13H11F3N2O2/c1-7-11(12(19)20)18(8(2)17-7)10-5-3-9(4-6-10)13(14,15)16/h3-6H,1-2H3,(H,19,20). The van der Waals surface area contributed by atoms with E-state index in [2.05, 4.69) is 4.98 Å². The lowest BCUT2D eigenvalue weighted by molar-refractivity contribution is -0.137. The zero-order valence-corrected chi connectivity index (χ0v) is 10.7. The Morgan fingerprint density at radius 3 is 2.20 bits per heavy atom. The van der Waals surface area contributed by atoms with Gasteiger partial charge in [0.25, 0.3) is 0 Å². The van der Waals surface area contributed by atoms with Crippen molar-refractivity contribution in [2.24, 2.45) is 0 Å². The van der Waals surface area contributed by atoms with Gasteiger partial charge in [-0.1, -0.05) is 0 Å². The minimum absolute atomic E-state index is 0.0535. The van der Waals surface area contributed by atoms with Gasteiger partial charge >= 0.3 is 12.1 Å². The van der Waals surface area contributed by atoms with Gasteiger partial charge in [0.15, 0.2) is 5.69 Å². The molecule has 0 aliphatic rings. The number of halogens is 3. The maximum atomic E-state index is 12.5. The van der Waals surface area contributed by atoms with Crippen LogP contribution in [0.1, 0.15) is 27.6 Å². The number of carboxylic acids is 1. The van der Waals surface area contributed by atoms with Gasteiger partial charge in [-0.05, 0) is 38.1 Å². The second-order valence-corrected chi connectivity index (χ2v) is 4.28. The predicted octanol–water partition coefficient (Wildman–Crippen LogP) is 3.21. The Morgan fingerprint density at radius 2 is 1.75 bits per heavy atom. The highest BCUT2D eigenvalue weighted by molar-refractivity contribution is 5.88. The zero-order chi connectivity index (χ0) is 15.1. The summed E-state index contributed by atoms with van der Waals surface area (Å²) in [6.45, 7) is 3.13. The van der Waals surface area contributed by atoms with E-state index in [0.717, 1.165) is 12.1 Å². The van der Waals surface area contributed by atoms with E-state index >= 15 is 0 Å². The van der Waals surface area contributed by atoms with Gasteiger partial charge in [-0.2, -0.15) is 13.2 Å². The number of carbonyl (C=O) groups is 1. The van der Waals surface area contributed by atoms with Gasteiger partial charge in [0, 0.05) is 5.69 Å². The van der Waals surface area contributed by atoms with Crippen LogP contribution in [0.2, 0.25) is 0 Å². The van der Waals surface area contributed by atoms with Gasteiger partial charge in [0.05, 0.1) is 11.3 Å². The predicted molar refractivity (Wildman–Crippen MR) is 65.0 cm³/mol. The molecule has 0 saturated carbocycles. The molecule has 0 bridgehead atoms. The van der Waals surface area contributed by atoms with Crippen molar-refractivity contribution in [1.29, 1.82) is 0 Å². The third-order valence-corrected chi connectivity index (χ3v) is 2.87. The van der Waals surface area contributed by atoms with Crippen LogP contribution in [-0.4, -0.2) is 20.6 Å². The Labute approximate surface area is 112 Å². The van der Waals surface area contributed by atoms with Crippen LogP contribution >= 0.6 is 0 Å². The van der Waals surface area contributed by atoms with Crippen LogP contribution in [0.3, 0.4) is 0 Å². The fraction of sp³-hybridized carbons (Fsp3) is 0.231. The van der Waals surface area contributed by atoms with Crippen molar-refractivity contribution in [3.8, 4) is 5.69 Å². The Bertz CT molecular complexity index is 657. The Kier molecular flexibility index (Phi) is 3.29. The molecule has 4 nitrogen and oxygen atoms in total. The largest absolute Gasteiger partial charge is 0.477 e. The lowest BCUT2D eigenvalue weighted by atomic mass is 10.2. The quantitative estimate of drug-likeness (QED) is 0.921. The summed E-state index contributed by atoms with van der Waals surface area (Å²) < 4.78 is 38.8. The first-order valence-corrected chi connectivity index (χ1v) is 5.68. The number of hydrogen-bond donors (Lipinski definition) is 1. The molecule has 0 amide bonds. The fourth-order valence-corrected chi connectivity index (χ4v) is 2.04. The molecule has 106 valence electrons. The van der Waals surface area contributed by atoms with Crippen LogP contribution in [0.5, 0.6) is 0 Å². The molecule has 1 N–H and O–H groups in total. The SMILES string of the molecule is Cc1nc(C)n(-c2ccc(C(F)(F)F)cc2)c1C(=O)O. The molecule has 1 aromatic carbocycles. The summed E-state index contributed by atoms with van der Waals surface area (Å²) in [5.41, 5.74) is -0.196. The van der Waals surface area contributed by atoms with Crippen molar-refractivity contribution in [1.82, 2.24) is 9.55 Å². The third-order valence-electron chi connectivity index (χ3n) is 2.87. The van der Waals surface area contributed by atoms with Gasteiger partial charge in [-0.15, -0.1) is 0 Å². The van der Waals surface area contributed by atoms with Crippen molar-refractivity contribution in [2.45, 2.75) is 20.0 Å². The number of rotatable bonds is 2. The molecule has 0 fully saturated rings. The summed E-state index contributed by atoms with van der Waals surface area (Å²) in [4.78, 5) is 15.3. The van der Waals surface area contributed by atoms with Crippen molar-refractivity contribution >= 4 is 5.97 Å². The molecular formula is C13H11F3N2O2. The van der Waals surface area contributed by atoms with Gasteiger partial charge in [0.1, 0.15) is 5.82 Å². The van der Waals surface area contributed by atoms with E-state index in [0.29, 0.717) is 17.2 Å². The third kappa shape index (κ3) is 2.38. The number of aromatic carboxylic acids is 1. The monoisotopic (exact) mass is 284 g/mol. The molecule has 0 radical (unpaired) electrons. The van der Waals surface area contributed by atoms with Crippen molar-refractivity contribution < 1.29 is 23.1 Å². The number of imidazole rings is 1. The van der Waals surface area contributed by atoms with Gasteiger partial charge < -0.3 is 5.11 Å². The molecule has 7 heteroatoms. The van der Waals surface area contributed by atoms with Crippen LogP contribution in [0.4, 0.5) is 13.2 Å². The molecule has 1 aromatic heterocycles. The number of carboxylic acid groups (broad SMARTS) is 1. The molecule has 0 aliphatic carbocycles. The number of aryl methyl sites for hydroxylation is 2. The van der Waals surface area contributed by atoms with Crippen LogP contribution in [0, 0.1) is 13.8 Å². The molecule has 1 heterocycles. The van der Waals surface area contributed by atoms with Gasteiger partial charge in [-0.25, -0.2) is 9.78 Å². The summed E-state index contributed by atoms with van der Waals surface area (Å²) in [6.07, 6.45) is -4.42. The van der Waals surface area contributed by atoms with E-state index in [4.69, 9.17) is 5.11 Å². The maximum absolute atomic E-state index is 12.5. The normalized spacial score (nSPS) is 11.7. The van der Waals surface area contributed by atoms with Crippen molar-refractivity contribution in [3.05, 3.63) is 47.0 Å². The van der Waals surface area contributed by atoms with E-state index in [1.165, 1.54) is 23.6 Å². The molecule has 0 atom stereocenters. The average Bonchev–Trinajstić information content (AvgIpc) is 2.63. The Balaban J connectivity index is 2.55. The Morgan fingerprint density at radius 1 is 1.20 bits per heavy atom. The lowest BCUT2D eigenvalue weighted by Gasteiger charge is -2.10. The Hall–Kier alpha value is -2.31. The molecule has 20 heavy (non-hydrogen) atoms. The van der Waals surface area contributed by atoms with Crippen LogP contribution in [0.15, 0.2) is 24.3 Å². The summed E-state index contributed by atoms with van der Waals surface area (Å²) in [5, 5.41) is 9.16. The topological polar surface area (TPSA) is 55.1 Å². The molecule has 2 rings (SSSR count). The second kappa shape index (κ2) is 4.66. The van der Waals surface area contributed by atoms with Crippen LogP contribution in [0.25, 0.3) is 5.69 Å². The molecule has 2 aromatic rings. The highest BCUT2D eigenvalue weighted by Crippen LogP contribution is 2.30. The second-order valence-electron chi connectivity index (χ2n) is 4.28. The molecule has 0 saturated heterocycles. The number of aromatic nitrogens is 2. The smallest absolute Gasteiger partial charge is 0.416 e. The first-order valence-electron chi connectivity index (χ1n) is 5.68. The van der Waals surface area contributed by atoms with Crippen LogP contribution < -0.4 is 0 Å². The van der Waals surface area contributed by atoms with E-state index in [1.807, 2.05) is 0 Å². The van der Waals surface area contributed by atoms with E-state index in [1.54, 1.807) is 6.92 Å². The van der Waals surface area contributed by atoms with Crippen molar-refractivity contribution in [3.63, 3.8) is 0 Å². The van der Waals surface area contributed by atoms with Crippen LogP contribution in [-0.2, 0) is 6.18 Å². The van der Waals surface area contributed by atoms with Gasteiger partial charge in [-0.3, -0.25) is 4.57 Å². The minimum Gasteiger partial charge on any atom is -0.477 e. The summed E-state index contributed by atoms with van der Waals surface area (Å²) in [7, 11) is 0. The van der Waals surface area contributed by atoms with E-state index < -0.39 is 17.7 Å². The summed E-state index contributed by atoms with van der Waals surface area (Å²) in [5.74, 6) is -0.775. The van der Waals surface area contributed by atoms with E-state index in [9.17, 15) is 18.0 Å². The molecule has 0 aliphatic heterocycles. The highest BCUT2D eigenvalue weighted by Gasteiger charge is 2.30. The lowest BCUT2D eigenvalue weighted by Crippen LogP contribution is -2.10. The highest BCUT2D eigenvalue weighted by atomic mass is 19.4. The molecular weight excluding hydrogens is 273 g/mol. The molecule has 0 unspecified atom stereocenters. The number of hydrogen-bond acceptors (Lipinski definition) is 2. The summed E-state index contributed by atoms with van der Waals surface area (Å²) in [6, 6.07) is 4.28. The van der Waals surface area contributed by atoms with Crippen molar-refractivity contribution in [2.75, 3.05) is 0 Å². The minimum atomic E-state index is -4.42. The first kappa shape index (κ1) is 14.1. The first-order chi connectivity index (χ1) is 9.21. The van der Waals surface area contributed by atoms with Gasteiger partial charge in [0.2, 0.25) is 0 Å². The van der Waals surface area contributed by atoms with E-state index in [-0.39, 0.29) is 5.69 Å². The summed E-state index contributed by atoms with van der Waals surface area (Å²) >= 11 is 0. The fourth-order valence-electron chi connectivity index (χ4n) is 2.04. The zero-order valence-electron chi connectivity index (χ0n) is 10.7. The maximum Gasteiger partial charge on any atom is 0.416 e. The number of benzene rings is 1.